The van der Waals surface area contributed by atoms with Crippen LogP contribution in [0.15, 0.2) is 66.7 Å². The SMILES string of the molecule is N#Cc1ccc(Oc2ccc(N3C(=O)c4ccc(C(=O)[O-])cc4C3=O)cc2)cc1. The van der Waals surface area contributed by atoms with E-state index in [-0.39, 0.29) is 16.7 Å². The number of aromatic carboxylic acids is 1. The van der Waals surface area contributed by atoms with Crippen LogP contribution in [-0.4, -0.2) is 17.8 Å². The number of fused-ring (bicyclic) bond motifs is 1. The fourth-order valence-electron chi connectivity index (χ4n) is 3.00. The Balaban J connectivity index is 1.57. The lowest BCUT2D eigenvalue weighted by atomic mass is 10.1. The molecular weight excluding hydrogens is 372 g/mol. The van der Waals surface area contributed by atoms with Gasteiger partial charge in [-0.1, -0.05) is 6.07 Å². The Morgan fingerprint density at radius 3 is 2.03 bits per heavy atom. The number of nitriles is 1. The topological polar surface area (TPSA) is 111 Å². The van der Waals surface area contributed by atoms with Crippen LogP contribution in [0.25, 0.3) is 0 Å². The second-order valence-corrected chi connectivity index (χ2v) is 6.23. The number of carboxylic acids is 1. The smallest absolute Gasteiger partial charge is 0.266 e. The highest BCUT2D eigenvalue weighted by Gasteiger charge is 2.36. The minimum absolute atomic E-state index is 0.0228. The number of benzene rings is 3. The molecule has 0 atom stereocenters. The second kappa shape index (κ2) is 6.94. The monoisotopic (exact) mass is 383 g/mol. The number of nitrogens with zero attached hydrogens (tertiary/aromatic N) is 2. The lowest BCUT2D eigenvalue weighted by molar-refractivity contribution is -0.255. The molecule has 0 saturated heterocycles. The minimum Gasteiger partial charge on any atom is -0.545 e. The van der Waals surface area contributed by atoms with Crippen molar-refractivity contribution in [1.29, 1.82) is 5.26 Å². The molecule has 7 heteroatoms. The van der Waals surface area contributed by atoms with Crippen LogP contribution >= 0.6 is 0 Å². The number of rotatable bonds is 4. The van der Waals surface area contributed by atoms with Crippen LogP contribution in [0.3, 0.4) is 0 Å². The highest BCUT2D eigenvalue weighted by molar-refractivity contribution is 6.34. The van der Waals surface area contributed by atoms with Crippen LogP contribution in [0.4, 0.5) is 5.69 Å². The van der Waals surface area contributed by atoms with Gasteiger partial charge in [-0.05, 0) is 66.2 Å². The summed E-state index contributed by atoms with van der Waals surface area (Å²) in [5.74, 6) is -1.54. The minimum atomic E-state index is -1.42. The van der Waals surface area contributed by atoms with E-state index in [0.29, 0.717) is 22.7 Å². The zero-order chi connectivity index (χ0) is 20.5. The van der Waals surface area contributed by atoms with E-state index in [9.17, 15) is 19.5 Å². The number of hydrogen-bond acceptors (Lipinski definition) is 6. The summed E-state index contributed by atoms with van der Waals surface area (Å²) in [6.45, 7) is 0. The molecule has 0 bridgehead atoms. The van der Waals surface area contributed by atoms with Crippen molar-refractivity contribution in [1.82, 2.24) is 0 Å². The van der Waals surface area contributed by atoms with Gasteiger partial charge in [0.25, 0.3) is 11.8 Å². The summed E-state index contributed by atoms with van der Waals surface area (Å²) in [6.07, 6.45) is 0. The molecule has 3 aromatic rings. The van der Waals surface area contributed by atoms with E-state index >= 15 is 0 Å². The predicted octanol–water partition coefficient (Wildman–Crippen LogP) is 2.51. The highest BCUT2D eigenvalue weighted by Crippen LogP contribution is 2.31. The molecule has 1 aliphatic rings. The fourth-order valence-corrected chi connectivity index (χ4v) is 3.00. The Kier molecular flexibility index (Phi) is 4.30. The van der Waals surface area contributed by atoms with Crippen LogP contribution in [0.1, 0.15) is 36.6 Å². The van der Waals surface area contributed by atoms with Gasteiger partial charge in [-0.25, -0.2) is 4.90 Å². The molecule has 1 heterocycles. The number of imide groups is 1. The maximum Gasteiger partial charge on any atom is 0.266 e. The molecule has 2 amide bonds. The molecule has 0 fully saturated rings. The van der Waals surface area contributed by atoms with Crippen LogP contribution in [-0.2, 0) is 0 Å². The van der Waals surface area contributed by atoms with Gasteiger partial charge < -0.3 is 14.6 Å². The van der Waals surface area contributed by atoms with Crippen LogP contribution in [0, 0.1) is 11.3 Å². The Hall–Kier alpha value is -4.44. The average Bonchev–Trinajstić information content (AvgIpc) is 2.99. The molecule has 3 aromatic carbocycles. The zero-order valence-electron chi connectivity index (χ0n) is 14.8. The zero-order valence-corrected chi connectivity index (χ0v) is 14.8. The molecule has 0 aromatic heterocycles. The predicted molar refractivity (Wildman–Crippen MR) is 99.6 cm³/mol. The number of anilines is 1. The third-order valence-electron chi connectivity index (χ3n) is 4.44. The van der Waals surface area contributed by atoms with Crippen molar-refractivity contribution in [2.24, 2.45) is 0 Å². The lowest BCUT2D eigenvalue weighted by Gasteiger charge is -2.14. The summed E-state index contributed by atoms with van der Waals surface area (Å²) in [4.78, 5) is 37.3. The standard InChI is InChI=1S/C22H12N2O5/c23-12-13-1-6-16(7-2-13)29-17-8-4-15(5-9-17)24-20(25)18-10-3-14(22(27)28)11-19(18)21(24)26/h1-11H,(H,27,28)/p-1. The largest absolute Gasteiger partial charge is 0.545 e. The molecule has 0 saturated carbocycles. The third kappa shape index (κ3) is 3.19. The molecule has 0 N–H and O–H groups in total. The summed E-state index contributed by atoms with van der Waals surface area (Å²) in [6, 6.07) is 18.6. The first-order chi connectivity index (χ1) is 14.0. The van der Waals surface area contributed by atoms with Crippen LogP contribution in [0.2, 0.25) is 0 Å². The first kappa shape index (κ1) is 17.9. The molecule has 1 aliphatic heterocycles. The van der Waals surface area contributed by atoms with Crippen molar-refractivity contribution in [2.75, 3.05) is 4.90 Å². The number of carbonyl (C=O) groups excluding carboxylic acids is 3. The Bertz CT molecular complexity index is 1190. The molecule has 29 heavy (non-hydrogen) atoms. The van der Waals surface area contributed by atoms with Gasteiger partial charge >= 0.3 is 0 Å². The van der Waals surface area contributed by atoms with Gasteiger partial charge in [0.05, 0.1) is 34.4 Å². The lowest BCUT2D eigenvalue weighted by Crippen LogP contribution is -2.29. The number of carbonyl (C=O) groups is 3. The van der Waals surface area contributed by atoms with Crippen LogP contribution < -0.4 is 14.7 Å². The normalized spacial score (nSPS) is 12.4. The first-order valence-electron chi connectivity index (χ1n) is 8.50. The van der Waals surface area contributed by atoms with Gasteiger partial charge in [0, 0.05) is 0 Å². The van der Waals surface area contributed by atoms with E-state index in [4.69, 9.17) is 10.00 Å². The van der Waals surface area contributed by atoms with Crippen LogP contribution in [0.5, 0.6) is 11.5 Å². The van der Waals surface area contributed by atoms with Gasteiger partial charge in [-0.15, -0.1) is 0 Å². The van der Waals surface area contributed by atoms with E-state index in [1.807, 2.05) is 6.07 Å². The summed E-state index contributed by atoms with van der Waals surface area (Å²) in [7, 11) is 0. The molecule has 4 rings (SSSR count). The van der Waals surface area contributed by atoms with E-state index in [1.165, 1.54) is 12.1 Å². The van der Waals surface area contributed by atoms with Crippen molar-refractivity contribution >= 4 is 23.5 Å². The fraction of sp³-hybridized carbons (Fsp3) is 0. The Labute approximate surface area is 165 Å². The van der Waals surface area contributed by atoms with Gasteiger partial charge in [0.15, 0.2) is 0 Å². The summed E-state index contributed by atoms with van der Waals surface area (Å²) in [5.41, 5.74) is 0.837. The summed E-state index contributed by atoms with van der Waals surface area (Å²) >= 11 is 0. The van der Waals surface area contributed by atoms with Crippen molar-refractivity contribution < 1.29 is 24.2 Å². The highest BCUT2D eigenvalue weighted by atomic mass is 16.5. The molecule has 0 radical (unpaired) electrons. The van der Waals surface area contributed by atoms with Gasteiger partial charge in [-0.3, -0.25) is 9.59 Å². The van der Waals surface area contributed by atoms with Gasteiger partial charge in [0.2, 0.25) is 0 Å². The van der Waals surface area contributed by atoms with Gasteiger partial charge in [-0.2, -0.15) is 5.26 Å². The summed E-state index contributed by atoms with van der Waals surface area (Å²) < 4.78 is 5.68. The van der Waals surface area contributed by atoms with E-state index in [1.54, 1.807) is 48.5 Å². The number of amides is 2. The molecule has 7 nitrogen and oxygen atoms in total. The van der Waals surface area contributed by atoms with Crippen molar-refractivity contribution in [3.8, 4) is 17.6 Å². The maximum absolute atomic E-state index is 12.7. The maximum atomic E-state index is 12.7. The van der Waals surface area contributed by atoms with E-state index in [0.717, 1.165) is 11.0 Å². The van der Waals surface area contributed by atoms with E-state index < -0.39 is 17.8 Å². The van der Waals surface area contributed by atoms with Gasteiger partial charge in [0.1, 0.15) is 11.5 Å². The van der Waals surface area contributed by atoms with Crippen molar-refractivity contribution in [3.63, 3.8) is 0 Å². The van der Waals surface area contributed by atoms with Crippen molar-refractivity contribution in [3.05, 3.63) is 89.0 Å². The Morgan fingerprint density at radius 2 is 1.45 bits per heavy atom. The first-order valence-corrected chi connectivity index (χ1v) is 8.50. The average molecular weight is 383 g/mol. The molecule has 0 spiro atoms. The molecule has 140 valence electrons. The second-order valence-electron chi connectivity index (χ2n) is 6.23. The molecular formula is C22H11N2O5-. The third-order valence-corrected chi connectivity index (χ3v) is 4.44. The molecule has 0 aliphatic carbocycles. The number of carboxylic acid groups (broad SMARTS) is 1. The number of ether oxygens (including phenoxy) is 1. The van der Waals surface area contributed by atoms with E-state index in [2.05, 4.69) is 0 Å². The quantitative estimate of drug-likeness (QED) is 0.640. The number of hydrogen-bond donors (Lipinski definition) is 0. The molecule has 0 unspecified atom stereocenters. The summed E-state index contributed by atoms with van der Waals surface area (Å²) in [5, 5.41) is 19.8. The Morgan fingerprint density at radius 1 is 0.862 bits per heavy atom. The van der Waals surface area contributed by atoms with Crippen molar-refractivity contribution in [2.45, 2.75) is 0 Å².